The fourth-order valence-electron chi connectivity index (χ4n) is 4.11. The van der Waals surface area contributed by atoms with E-state index in [0.717, 1.165) is 49.9 Å². The Hall–Kier alpha value is -1.78. The normalized spacial score (nSPS) is 23.5. The predicted molar refractivity (Wildman–Crippen MR) is 99.8 cm³/mol. The van der Waals surface area contributed by atoms with Gasteiger partial charge in [0.25, 0.3) is 0 Å². The number of fused-ring (bicyclic) bond motifs is 2. The van der Waals surface area contributed by atoms with Crippen molar-refractivity contribution in [2.45, 2.75) is 39.5 Å². The van der Waals surface area contributed by atoms with Gasteiger partial charge >= 0.3 is 13.6 Å². The van der Waals surface area contributed by atoms with Crippen LogP contribution in [0.4, 0.5) is 5.69 Å². The van der Waals surface area contributed by atoms with Crippen LogP contribution in [0.25, 0.3) is 6.08 Å². The summed E-state index contributed by atoms with van der Waals surface area (Å²) in [7, 11) is -3.75. The lowest BCUT2D eigenvalue weighted by Gasteiger charge is -2.39. The fraction of sp³-hybridized carbons (Fsp3) is 0.526. The van der Waals surface area contributed by atoms with Crippen LogP contribution in [0.5, 0.6) is 5.75 Å². The van der Waals surface area contributed by atoms with E-state index in [2.05, 4.69) is 11.0 Å². The predicted octanol–water partition coefficient (Wildman–Crippen LogP) is 3.91. The van der Waals surface area contributed by atoms with Crippen molar-refractivity contribution >= 4 is 25.3 Å². The summed E-state index contributed by atoms with van der Waals surface area (Å²) in [5, 5.41) is -0.00988. The zero-order valence-electron chi connectivity index (χ0n) is 15.2. The van der Waals surface area contributed by atoms with E-state index in [1.807, 2.05) is 0 Å². The molecule has 1 atom stereocenters. The maximum absolute atomic E-state index is 13.4. The fourth-order valence-corrected chi connectivity index (χ4v) is 5.78. The third-order valence-corrected chi connectivity index (χ3v) is 7.01. The van der Waals surface area contributed by atoms with E-state index >= 15 is 0 Å². The molecule has 0 amide bonds. The largest absolute Gasteiger partial charge is 0.462 e. The maximum Gasteiger partial charge on any atom is 0.418 e. The molecule has 3 aliphatic rings. The van der Waals surface area contributed by atoms with E-state index in [1.54, 1.807) is 19.9 Å². The van der Waals surface area contributed by atoms with Crippen LogP contribution in [0.1, 0.15) is 43.4 Å². The summed E-state index contributed by atoms with van der Waals surface area (Å²) < 4.78 is 29.8. The van der Waals surface area contributed by atoms with Crippen LogP contribution in [0.3, 0.4) is 0 Å². The van der Waals surface area contributed by atoms with E-state index in [1.165, 1.54) is 11.3 Å². The Bertz CT molecular complexity index is 830. The molecule has 0 saturated carbocycles. The third-order valence-electron chi connectivity index (χ3n) is 5.08. The highest BCUT2D eigenvalue weighted by molar-refractivity contribution is 7.60. The van der Waals surface area contributed by atoms with Crippen molar-refractivity contribution in [3.63, 3.8) is 0 Å². The molecule has 6 nitrogen and oxygen atoms in total. The maximum atomic E-state index is 13.4. The second-order valence-corrected chi connectivity index (χ2v) is 8.65. The Morgan fingerprint density at radius 3 is 2.73 bits per heavy atom. The number of carbonyl (C=O) groups excluding carboxylic acids is 1. The second-order valence-electron chi connectivity index (χ2n) is 6.73. The standard InChI is InChI=1S/C19H24NO5P/c1-3-23-19(21)16-12-14-11-13-7-5-9-20-10-6-8-15(17(13)20)18(14)25-26(16,22)24-4-2/h11-12H,3-10H2,1-2H3. The summed E-state index contributed by atoms with van der Waals surface area (Å²) in [5.74, 6) is -0.0249. The van der Waals surface area contributed by atoms with Crippen molar-refractivity contribution in [1.29, 1.82) is 0 Å². The highest BCUT2D eigenvalue weighted by atomic mass is 31.2. The molecule has 0 aromatic heterocycles. The smallest absolute Gasteiger partial charge is 0.418 e. The molecular weight excluding hydrogens is 353 g/mol. The Balaban J connectivity index is 1.88. The lowest BCUT2D eigenvalue weighted by atomic mass is 9.89. The zero-order valence-corrected chi connectivity index (χ0v) is 16.1. The number of hydrogen-bond donors (Lipinski definition) is 0. The number of anilines is 1. The van der Waals surface area contributed by atoms with Crippen molar-refractivity contribution in [3.05, 3.63) is 28.1 Å². The van der Waals surface area contributed by atoms with Crippen LogP contribution >= 0.6 is 7.60 Å². The van der Waals surface area contributed by atoms with E-state index < -0.39 is 13.6 Å². The third kappa shape index (κ3) is 2.76. The highest BCUT2D eigenvalue weighted by Crippen LogP contribution is 2.62. The first-order valence-corrected chi connectivity index (χ1v) is 10.9. The summed E-state index contributed by atoms with van der Waals surface area (Å²) in [5.41, 5.74) is 4.41. The lowest BCUT2D eigenvalue weighted by molar-refractivity contribution is -0.137. The Morgan fingerprint density at radius 1 is 1.23 bits per heavy atom. The molecule has 0 saturated heterocycles. The van der Waals surface area contributed by atoms with Gasteiger partial charge in [0.1, 0.15) is 5.75 Å². The van der Waals surface area contributed by atoms with E-state index in [4.69, 9.17) is 13.8 Å². The molecule has 0 radical (unpaired) electrons. The molecule has 4 rings (SSSR count). The molecule has 7 heteroatoms. The van der Waals surface area contributed by atoms with Gasteiger partial charge in [0.05, 0.1) is 13.2 Å². The van der Waals surface area contributed by atoms with Crippen LogP contribution in [-0.4, -0.2) is 32.3 Å². The first-order chi connectivity index (χ1) is 12.6. The van der Waals surface area contributed by atoms with Crippen LogP contribution in [-0.2, 0) is 31.5 Å². The molecule has 0 spiro atoms. The molecule has 1 aromatic rings. The Labute approximate surface area is 153 Å². The van der Waals surface area contributed by atoms with Crippen molar-refractivity contribution < 1.29 is 23.1 Å². The topological polar surface area (TPSA) is 65.1 Å². The summed E-state index contributed by atoms with van der Waals surface area (Å²) >= 11 is 0. The SMILES string of the molecule is CCOC(=O)C1=Cc2cc3c4c(c2OP1(=O)OCC)CCCN4CCC3. The number of esters is 1. The number of carbonyl (C=O) groups is 1. The second kappa shape index (κ2) is 6.75. The van der Waals surface area contributed by atoms with Crippen molar-refractivity contribution in [2.24, 2.45) is 0 Å². The number of nitrogens with zero attached hydrogens (tertiary/aromatic N) is 1. The summed E-state index contributed by atoms with van der Waals surface area (Å²) in [6, 6.07) is 2.07. The van der Waals surface area contributed by atoms with E-state index in [0.29, 0.717) is 5.75 Å². The molecule has 0 fully saturated rings. The van der Waals surface area contributed by atoms with Gasteiger partial charge in [0.2, 0.25) is 0 Å². The van der Waals surface area contributed by atoms with Crippen molar-refractivity contribution in [3.8, 4) is 5.75 Å². The first-order valence-electron chi connectivity index (χ1n) is 9.34. The van der Waals surface area contributed by atoms with Gasteiger partial charge in [-0.3, -0.25) is 4.52 Å². The summed E-state index contributed by atoms with van der Waals surface area (Å²) in [6.45, 7) is 5.95. The van der Waals surface area contributed by atoms with Gasteiger partial charge in [-0.15, -0.1) is 0 Å². The molecule has 26 heavy (non-hydrogen) atoms. The van der Waals surface area contributed by atoms with Crippen LogP contribution in [0.15, 0.2) is 11.4 Å². The van der Waals surface area contributed by atoms with Gasteiger partial charge in [-0.1, -0.05) is 0 Å². The molecule has 140 valence electrons. The Kier molecular flexibility index (Phi) is 4.57. The molecule has 1 aromatic carbocycles. The summed E-state index contributed by atoms with van der Waals surface area (Å²) in [4.78, 5) is 14.8. The van der Waals surface area contributed by atoms with Gasteiger partial charge in [-0.2, -0.15) is 0 Å². The molecule has 0 aliphatic carbocycles. The number of hydrogen-bond acceptors (Lipinski definition) is 6. The van der Waals surface area contributed by atoms with Crippen LogP contribution in [0, 0.1) is 0 Å². The Morgan fingerprint density at radius 2 is 2.00 bits per heavy atom. The minimum atomic E-state index is -3.75. The van der Waals surface area contributed by atoms with Gasteiger partial charge in [0.15, 0.2) is 5.31 Å². The number of benzene rings is 1. The number of ether oxygens (including phenoxy) is 1. The molecule has 0 bridgehead atoms. The highest BCUT2D eigenvalue weighted by Gasteiger charge is 2.43. The average Bonchev–Trinajstić information content (AvgIpc) is 2.63. The molecule has 1 unspecified atom stereocenters. The monoisotopic (exact) mass is 377 g/mol. The molecule has 3 aliphatic heterocycles. The van der Waals surface area contributed by atoms with Crippen molar-refractivity contribution in [2.75, 3.05) is 31.2 Å². The van der Waals surface area contributed by atoms with Gasteiger partial charge in [0, 0.05) is 29.9 Å². The van der Waals surface area contributed by atoms with Gasteiger partial charge in [-0.25, -0.2) is 9.36 Å². The minimum Gasteiger partial charge on any atom is -0.462 e. The quantitative estimate of drug-likeness (QED) is 0.586. The molecule has 0 N–H and O–H groups in total. The van der Waals surface area contributed by atoms with E-state index in [-0.39, 0.29) is 18.5 Å². The number of aryl methyl sites for hydroxylation is 1. The van der Waals surface area contributed by atoms with Crippen LogP contribution < -0.4 is 9.42 Å². The van der Waals surface area contributed by atoms with Crippen molar-refractivity contribution in [1.82, 2.24) is 0 Å². The van der Waals surface area contributed by atoms with E-state index in [9.17, 15) is 9.36 Å². The van der Waals surface area contributed by atoms with Gasteiger partial charge < -0.3 is 14.2 Å². The van der Waals surface area contributed by atoms with Gasteiger partial charge in [-0.05, 0) is 57.2 Å². The number of rotatable bonds is 4. The molecular formula is C19H24NO5P. The minimum absolute atomic E-state index is 0.00988. The first kappa shape index (κ1) is 17.6. The molecule has 3 heterocycles. The average molecular weight is 377 g/mol. The van der Waals surface area contributed by atoms with Crippen LogP contribution in [0.2, 0.25) is 0 Å². The zero-order chi connectivity index (χ0) is 18.3. The summed E-state index contributed by atoms with van der Waals surface area (Å²) in [6.07, 6.45) is 5.71. The lowest BCUT2D eigenvalue weighted by Crippen LogP contribution is -2.35.